The number of rotatable bonds is 3. The van der Waals surface area contributed by atoms with Gasteiger partial charge >= 0.3 is 0 Å². The molecule has 0 saturated heterocycles. The molecule has 0 bridgehead atoms. The Kier molecular flexibility index (Phi) is 3.45. The van der Waals surface area contributed by atoms with Crippen molar-refractivity contribution in [3.63, 3.8) is 0 Å². The minimum Gasteiger partial charge on any atom is -0.392 e. The molecule has 0 aliphatic carbocycles. The first-order valence-electron chi connectivity index (χ1n) is 5.22. The molecular weight excluding hydrogens is 186 g/mol. The van der Waals surface area contributed by atoms with E-state index in [-0.39, 0.29) is 0 Å². The topological polar surface area (TPSA) is 42.8 Å². The number of hydrogen-bond donors (Lipinski definition) is 1. The SMILES string of the molecule is C=CC(C)C(C)c1c(N)c(C)nc[n+]1C. The van der Waals surface area contributed by atoms with Crippen LogP contribution in [0.4, 0.5) is 5.69 Å². The highest BCUT2D eigenvalue weighted by Crippen LogP contribution is 2.26. The summed E-state index contributed by atoms with van der Waals surface area (Å²) < 4.78 is 1.99. The molecule has 0 saturated carbocycles. The Morgan fingerprint density at radius 2 is 2.13 bits per heavy atom. The van der Waals surface area contributed by atoms with Gasteiger partial charge in [0.15, 0.2) is 5.69 Å². The summed E-state index contributed by atoms with van der Waals surface area (Å²) >= 11 is 0. The summed E-state index contributed by atoms with van der Waals surface area (Å²) in [6.45, 7) is 10.1. The summed E-state index contributed by atoms with van der Waals surface area (Å²) in [4.78, 5) is 4.22. The lowest BCUT2D eigenvalue weighted by Crippen LogP contribution is -2.37. The first kappa shape index (κ1) is 11.7. The number of aromatic nitrogens is 2. The first-order chi connectivity index (χ1) is 6.99. The first-order valence-corrected chi connectivity index (χ1v) is 5.22. The van der Waals surface area contributed by atoms with Crippen LogP contribution in [0.15, 0.2) is 19.0 Å². The van der Waals surface area contributed by atoms with Gasteiger partial charge in [-0.25, -0.2) is 4.57 Å². The molecule has 3 nitrogen and oxygen atoms in total. The second-order valence-corrected chi connectivity index (χ2v) is 4.12. The van der Waals surface area contributed by atoms with Crippen LogP contribution in [0.1, 0.15) is 31.2 Å². The Morgan fingerprint density at radius 3 is 2.67 bits per heavy atom. The molecule has 2 atom stereocenters. The number of nitrogens with zero attached hydrogens (tertiary/aromatic N) is 2. The monoisotopic (exact) mass is 206 g/mol. The zero-order valence-corrected chi connectivity index (χ0v) is 9.99. The fraction of sp³-hybridized carbons (Fsp3) is 0.500. The average molecular weight is 206 g/mol. The molecule has 0 fully saturated rings. The van der Waals surface area contributed by atoms with Crippen LogP contribution in [0, 0.1) is 12.8 Å². The minimum atomic E-state index is 0.356. The number of allylic oxidation sites excluding steroid dienone is 1. The van der Waals surface area contributed by atoms with Gasteiger partial charge in [0.1, 0.15) is 11.4 Å². The van der Waals surface area contributed by atoms with Gasteiger partial charge in [-0.1, -0.05) is 24.9 Å². The number of nitrogens with two attached hydrogens (primary N) is 1. The molecule has 15 heavy (non-hydrogen) atoms. The molecule has 82 valence electrons. The van der Waals surface area contributed by atoms with Crippen LogP contribution >= 0.6 is 0 Å². The van der Waals surface area contributed by atoms with Crippen molar-refractivity contribution in [1.29, 1.82) is 0 Å². The van der Waals surface area contributed by atoms with Gasteiger partial charge in [0.2, 0.25) is 0 Å². The van der Waals surface area contributed by atoms with Crippen molar-refractivity contribution < 1.29 is 4.57 Å². The summed E-state index contributed by atoms with van der Waals surface area (Å²) in [7, 11) is 1.98. The van der Waals surface area contributed by atoms with Crippen molar-refractivity contribution in [2.45, 2.75) is 26.7 Å². The molecule has 3 heteroatoms. The molecule has 1 aromatic heterocycles. The third-order valence-electron chi connectivity index (χ3n) is 3.06. The van der Waals surface area contributed by atoms with E-state index in [4.69, 9.17) is 5.73 Å². The number of anilines is 1. The van der Waals surface area contributed by atoms with E-state index in [9.17, 15) is 0 Å². The molecule has 1 rings (SSSR count). The summed E-state index contributed by atoms with van der Waals surface area (Å²) in [6.07, 6.45) is 3.77. The van der Waals surface area contributed by atoms with E-state index in [0.29, 0.717) is 11.8 Å². The number of aryl methyl sites for hydroxylation is 2. The van der Waals surface area contributed by atoms with Crippen LogP contribution in [-0.4, -0.2) is 4.98 Å². The quantitative estimate of drug-likeness (QED) is 0.604. The highest BCUT2D eigenvalue weighted by Gasteiger charge is 2.22. The van der Waals surface area contributed by atoms with E-state index in [0.717, 1.165) is 17.1 Å². The minimum absolute atomic E-state index is 0.356. The Hall–Kier alpha value is -1.38. The van der Waals surface area contributed by atoms with Crippen molar-refractivity contribution in [2.24, 2.45) is 13.0 Å². The van der Waals surface area contributed by atoms with Gasteiger partial charge in [-0.15, -0.1) is 6.58 Å². The average Bonchev–Trinajstić information content (AvgIpc) is 2.22. The smallest absolute Gasteiger partial charge is 0.286 e. The van der Waals surface area contributed by atoms with Crippen molar-refractivity contribution in [3.05, 3.63) is 30.4 Å². The van der Waals surface area contributed by atoms with Gasteiger partial charge in [-0.3, -0.25) is 0 Å². The van der Waals surface area contributed by atoms with Crippen molar-refractivity contribution in [2.75, 3.05) is 5.73 Å². The van der Waals surface area contributed by atoms with Crippen LogP contribution in [-0.2, 0) is 7.05 Å². The number of hydrogen-bond acceptors (Lipinski definition) is 2. The lowest BCUT2D eigenvalue weighted by atomic mass is 9.91. The summed E-state index contributed by atoms with van der Waals surface area (Å²) in [5.74, 6) is 0.759. The molecule has 0 spiro atoms. The third kappa shape index (κ3) is 2.17. The van der Waals surface area contributed by atoms with Gasteiger partial charge in [0.05, 0.1) is 7.05 Å². The Labute approximate surface area is 91.7 Å². The molecule has 0 amide bonds. The van der Waals surface area contributed by atoms with Crippen LogP contribution in [0.3, 0.4) is 0 Å². The van der Waals surface area contributed by atoms with E-state index < -0.39 is 0 Å². The van der Waals surface area contributed by atoms with E-state index in [1.807, 2.05) is 30.9 Å². The van der Waals surface area contributed by atoms with Crippen molar-refractivity contribution in [3.8, 4) is 0 Å². The molecule has 0 radical (unpaired) electrons. The molecule has 0 aromatic carbocycles. The van der Waals surface area contributed by atoms with Gasteiger partial charge in [0.25, 0.3) is 6.33 Å². The van der Waals surface area contributed by atoms with Crippen LogP contribution in [0.2, 0.25) is 0 Å². The normalized spacial score (nSPS) is 14.7. The largest absolute Gasteiger partial charge is 0.392 e. The molecule has 0 aliphatic rings. The number of nitrogen functional groups attached to an aromatic ring is 1. The predicted molar refractivity (Wildman–Crippen MR) is 62.3 cm³/mol. The molecule has 2 N–H and O–H groups in total. The van der Waals surface area contributed by atoms with E-state index in [1.54, 1.807) is 0 Å². The standard InChI is InChI=1S/C12H20N3/c1-6-8(2)9(3)12-11(13)10(4)14-7-15(12)5/h6-9H,1,13H2,2-5H3/q+1. The Bertz CT molecular complexity index is 371. The van der Waals surface area contributed by atoms with Crippen LogP contribution in [0.25, 0.3) is 0 Å². The maximum absolute atomic E-state index is 6.06. The Balaban J connectivity index is 3.23. The Morgan fingerprint density at radius 1 is 1.53 bits per heavy atom. The fourth-order valence-electron chi connectivity index (χ4n) is 1.70. The lowest BCUT2D eigenvalue weighted by molar-refractivity contribution is -0.683. The summed E-state index contributed by atoms with van der Waals surface area (Å²) in [5.41, 5.74) is 8.88. The van der Waals surface area contributed by atoms with Gasteiger partial charge < -0.3 is 5.73 Å². The summed E-state index contributed by atoms with van der Waals surface area (Å²) in [6, 6.07) is 0. The van der Waals surface area contributed by atoms with Gasteiger partial charge in [-0.05, 0) is 5.92 Å². The zero-order chi connectivity index (χ0) is 11.6. The fourth-order valence-corrected chi connectivity index (χ4v) is 1.70. The maximum atomic E-state index is 6.06. The van der Waals surface area contributed by atoms with E-state index >= 15 is 0 Å². The van der Waals surface area contributed by atoms with Crippen molar-refractivity contribution >= 4 is 5.69 Å². The highest BCUT2D eigenvalue weighted by molar-refractivity contribution is 5.46. The van der Waals surface area contributed by atoms with Gasteiger partial charge in [0, 0.05) is 12.8 Å². The summed E-state index contributed by atoms with van der Waals surface area (Å²) in [5, 5.41) is 0. The van der Waals surface area contributed by atoms with Crippen LogP contribution in [0.5, 0.6) is 0 Å². The third-order valence-corrected chi connectivity index (χ3v) is 3.06. The highest BCUT2D eigenvalue weighted by atomic mass is 15.0. The van der Waals surface area contributed by atoms with Crippen molar-refractivity contribution in [1.82, 2.24) is 4.98 Å². The maximum Gasteiger partial charge on any atom is 0.286 e. The van der Waals surface area contributed by atoms with E-state index in [1.165, 1.54) is 0 Å². The second-order valence-electron chi connectivity index (χ2n) is 4.12. The predicted octanol–water partition coefficient (Wildman–Crippen LogP) is 1.72. The van der Waals surface area contributed by atoms with E-state index in [2.05, 4.69) is 25.4 Å². The molecular formula is C12H20N3+. The van der Waals surface area contributed by atoms with Crippen LogP contribution < -0.4 is 10.3 Å². The molecule has 1 aromatic rings. The molecule has 1 heterocycles. The molecule has 0 aliphatic heterocycles. The zero-order valence-electron chi connectivity index (χ0n) is 9.99. The van der Waals surface area contributed by atoms with Gasteiger partial charge in [-0.2, -0.15) is 0 Å². The lowest BCUT2D eigenvalue weighted by Gasteiger charge is -2.17. The second kappa shape index (κ2) is 4.43. The molecule has 2 unspecified atom stereocenters.